The summed E-state index contributed by atoms with van der Waals surface area (Å²) in [7, 11) is 0. The van der Waals surface area contributed by atoms with Crippen LogP contribution in [0.25, 0.3) is 0 Å². The second-order valence-electron chi connectivity index (χ2n) is 6.34. The Labute approximate surface area is 130 Å². The summed E-state index contributed by atoms with van der Waals surface area (Å²) >= 11 is 0. The summed E-state index contributed by atoms with van der Waals surface area (Å²) in [6.07, 6.45) is 11.7. The number of nitrogens with one attached hydrogen (secondary N) is 1. The van der Waals surface area contributed by atoms with E-state index in [2.05, 4.69) is 17.1 Å². The Kier molecular flexibility index (Phi) is 10.5. The highest BCUT2D eigenvalue weighted by atomic mass is 16.1. The molecule has 1 unspecified atom stereocenters. The zero-order valence-electron chi connectivity index (χ0n) is 13.9. The Hall–Kier alpha value is -0.610. The number of amides is 1. The minimum atomic E-state index is 0.176. The van der Waals surface area contributed by atoms with Crippen LogP contribution in [0.2, 0.25) is 0 Å². The van der Waals surface area contributed by atoms with E-state index >= 15 is 0 Å². The van der Waals surface area contributed by atoms with Crippen molar-refractivity contribution in [2.75, 3.05) is 32.7 Å². The minimum absolute atomic E-state index is 0.176. The van der Waals surface area contributed by atoms with Crippen molar-refractivity contribution in [3.8, 4) is 0 Å². The fourth-order valence-corrected chi connectivity index (χ4v) is 3.10. The second-order valence-corrected chi connectivity index (χ2v) is 6.34. The number of nitrogens with zero attached hydrogens (tertiary/aromatic N) is 1. The predicted octanol–water partition coefficient (Wildman–Crippen LogP) is 2.52. The van der Waals surface area contributed by atoms with Crippen molar-refractivity contribution in [3.63, 3.8) is 0 Å². The van der Waals surface area contributed by atoms with E-state index in [1.807, 2.05) is 0 Å². The van der Waals surface area contributed by atoms with Gasteiger partial charge in [-0.15, -0.1) is 0 Å². The van der Waals surface area contributed by atoms with Crippen molar-refractivity contribution in [1.82, 2.24) is 10.2 Å². The van der Waals surface area contributed by atoms with Crippen LogP contribution in [0.3, 0.4) is 0 Å². The normalized spacial score (nSPS) is 19.6. The lowest BCUT2D eigenvalue weighted by Crippen LogP contribution is -2.44. The molecule has 0 aromatic heterocycles. The minimum Gasteiger partial charge on any atom is -0.355 e. The zero-order valence-corrected chi connectivity index (χ0v) is 13.9. The average molecular weight is 297 g/mol. The Balaban J connectivity index is 2.08. The van der Waals surface area contributed by atoms with Gasteiger partial charge in [0.2, 0.25) is 5.91 Å². The number of nitrogens with two attached hydrogens (primary N) is 1. The molecule has 0 saturated carbocycles. The van der Waals surface area contributed by atoms with Crippen molar-refractivity contribution in [2.45, 2.75) is 64.7 Å². The second kappa shape index (κ2) is 12.0. The van der Waals surface area contributed by atoms with Gasteiger partial charge in [0, 0.05) is 19.6 Å². The first kappa shape index (κ1) is 18.4. The van der Waals surface area contributed by atoms with Crippen LogP contribution in [0.15, 0.2) is 0 Å². The van der Waals surface area contributed by atoms with E-state index in [1.165, 1.54) is 44.9 Å². The third-order valence-electron chi connectivity index (χ3n) is 4.40. The summed E-state index contributed by atoms with van der Waals surface area (Å²) in [5.74, 6) is 0.375. The van der Waals surface area contributed by atoms with Crippen molar-refractivity contribution < 1.29 is 4.79 Å². The van der Waals surface area contributed by atoms with E-state index in [9.17, 15) is 4.79 Å². The highest BCUT2D eigenvalue weighted by Gasteiger charge is 2.24. The molecule has 21 heavy (non-hydrogen) atoms. The van der Waals surface area contributed by atoms with Gasteiger partial charge >= 0.3 is 0 Å². The van der Waals surface area contributed by atoms with Crippen LogP contribution in [0.1, 0.15) is 64.7 Å². The van der Waals surface area contributed by atoms with Gasteiger partial charge in [0.25, 0.3) is 0 Å². The Morgan fingerprint density at radius 1 is 1.19 bits per heavy atom. The van der Waals surface area contributed by atoms with Gasteiger partial charge in [0.1, 0.15) is 0 Å². The predicted molar refractivity (Wildman–Crippen MR) is 89.2 cm³/mol. The van der Waals surface area contributed by atoms with Crippen molar-refractivity contribution in [3.05, 3.63) is 0 Å². The highest BCUT2D eigenvalue weighted by molar-refractivity contribution is 5.78. The molecule has 1 aliphatic rings. The SMILES string of the molecule is CCCCCCCCCN1CCCC(C(=O)NCCN)C1. The average Bonchev–Trinajstić information content (AvgIpc) is 2.52. The van der Waals surface area contributed by atoms with Gasteiger partial charge in [0.15, 0.2) is 0 Å². The number of hydrogen-bond donors (Lipinski definition) is 2. The van der Waals surface area contributed by atoms with E-state index in [0.29, 0.717) is 13.1 Å². The van der Waals surface area contributed by atoms with E-state index in [-0.39, 0.29) is 11.8 Å². The van der Waals surface area contributed by atoms with Crippen LogP contribution in [0.4, 0.5) is 0 Å². The van der Waals surface area contributed by atoms with Crippen molar-refractivity contribution in [1.29, 1.82) is 0 Å². The molecular weight excluding hydrogens is 262 g/mol. The molecule has 1 aliphatic heterocycles. The molecule has 1 fully saturated rings. The first-order valence-corrected chi connectivity index (χ1v) is 8.98. The first-order chi connectivity index (χ1) is 10.3. The standard InChI is InChI=1S/C17H35N3O/c1-2-3-4-5-6-7-8-13-20-14-9-10-16(15-20)17(21)19-12-11-18/h16H,2-15,18H2,1H3,(H,19,21). The van der Waals surface area contributed by atoms with Gasteiger partial charge in [0.05, 0.1) is 5.92 Å². The van der Waals surface area contributed by atoms with Gasteiger partial charge < -0.3 is 16.0 Å². The van der Waals surface area contributed by atoms with Crippen LogP contribution in [0.5, 0.6) is 0 Å². The number of carbonyl (C=O) groups excluding carboxylic acids is 1. The van der Waals surface area contributed by atoms with E-state index < -0.39 is 0 Å². The Bertz CT molecular complexity index is 271. The summed E-state index contributed by atoms with van der Waals surface area (Å²) in [5, 5.41) is 2.93. The summed E-state index contributed by atoms with van der Waals surface area (Å²) in [6.45, 7) is 6.65. The van der Waals surface area contributed by atoms with E-state index in [0.717, 1.165) is 32.5 Å². The zero-order chi connectivity index (χ0) is 15.3. The fourth-order valence-electron chi connectivity index (χ4n) is 3.10. The van der Waals surface area contributed by atoms with Crippen molar-refractivity contribution >= 4 is 5.91 Å². The van der Waals surface area contributed by atoms with Gasteiger partial charge in [-0.25, -0.2) is 0 Å². The molecule has 1 rings (SSSR count). The third kappa shape index (κ3) is 8.42. The number of unbranched alkanes of at least 4 members (excludes halogenated alkanes) is 6. The summed E-state index contributed by atoms with van der Waals surface area (Å²) < 4.78 is 0. The largest absolute Gasteiger partial charge is 0.355 e. The maximum Gasteiger partial charge on any atom is 0.224 e. The maximum atomic E-state index is 12.0. The molecule has 0 bridgehead atoms. The number of likely N-dealkylation sites (tertiary alicyclic amines) is 1. The van der Waals surface area contributed by atoms with Crippen LogP contribution in [-0.2, 0) is 4.79 Å². The summed E-state index contributed by atoms with van der Waals surface area (Å²) in [6, 6.07) is 0. The molecule has 0 aromatic rings. The van der Waals surface area contributed by atoms with Crippen LogP contribution in [0, 0.1) is 5.92 Å². The monoisotopic (exact) mass is 297 g/mol. The summed E-state index contributed by atoms with van der Waals surface area (Å²) in [4.78, 5) is 14.5. The number of piperidine rings is 1. The smallest absolute Gasteiger partial charge is 0.224 e. The molecule has 4 nitrogen and oxygen atoms in total. The third-order valence-corrected chi connectivity index (χ3v) is 4.40. The lowest BCUT2D eigenvalue weighted by atomic mass is 9.97. The molecule has 0 spiro atoms. The molecule has 124 valence electrons. The first-order valence-electron chi connectivity index (χ1n) is 8.98. The molecule has 0 aromatic carbocycles. The number of hydrogen-bond acceptors (Lipinski definition) is 3. The lowest BCUT2D eigenvalue weighted by molar-refractivity contribution is -0.126. The topological polar surface area (TPSA) is 58.4 Å². The van der Waals surface area contributed by atoms with Gasteiger partial charge in [-0.2, -0.15) is 0 Å². The Morgan fingerprint density at radius 3 is 2.62 bits per heavy atom. The molecular formula is C17H35N3O. The van der Waals surface area contributed by atoms with Crippen LogP contribution >= 0.6 is 0 Å². The quantitative estimate of drug-likeness (QED) is 0.576. The molecule has 3 N–H and O–H groups in total. The molecule has 0 aliphatic carbocycles. The van der Waals surface area contributed by atoms with Crippen LogP contribution < -0.4 is 11.1 Å². The highest BCUT2D eigenvalue weighted by Crippen LogP contribution is 2.17. The molecule has 4 heteroatoms. The fraction of sp³-hybridized carbons (Fsp3) is 0.941. The number of rotatable bonds is 11. The number of carbonyl (C=O) groups is 1. The molecule has 1 heterocycles. The maximum absolute atomic E-state index is 12.0. The Morgan fingerprint density at radius 2 is 1.90 bits per heavy atom. The molecule has 0 radical (unpaired) electrons. The molecule has 1 amide bonds. The van der Waals surface area contributed by atoms with Gasteiger partial charge in [-0.3, -0.25) is 4.79 Å². The van der Waals surface area contributed by atoms with E-state index in [4.69, 9.17) is 5.73 Å². The lowest BCUT2D eigenvalue weighted by Gasteiger charge is -2.32. The van der Waals surface area contributed by atoms with Crippen LogP contribution in [-0.4, -0.2) is 43.5 Å². The molecule has 1 saturated heterocycles. The van der Waals surface area contributed by atoms with Crippen molar-refractivity contribution in [2.24, 2.45) is 11.7 Å². The summed E-state index contributed by atoms with van der Waals surface area (Å²) in [5.41, 5.74) is 5.43. The molecule has 1 atom stereocenters. The van der Waals surface area contributed by atoms with Gasteiger partial charge in [-0.05, 0) is 32.4 Å². The van der Waals surface area contributed by atoms with Gasteiger partial charge in [-0.1, -0.05) is 45.4 Å². The van der Waals surface area contributed by atoms with E-state index in [1.54, 1.807) is 0 Å².